The second-order valence-electron chi connectivity index (χ2n) is 2.97. The zero-order valence-electron chi connectivity index (χ0n) is 7.80. The maximum Gasteiger partial charge on any atom is 0.306 e. The van der Waals surface area contributed by atoms with Crippen LogP contribution in [0.2, 0.25) is 0 Å². The molecule has 0 amide bonds. The highest BCUT2D eigenvalue weighted by Crippen LogP contribution is 2.26. The standard InChI is InChI=1S/C9H10Cl3NO2/c10-9(11,12)6-15-8(14)4-3-7-2-1-5-13-7/h1-2,5,13H,3-4,6H2. The SMILES string of the molecule is O=C(CCc1ccc[nH]1)OCC(Cl)(Cl)Cl. The molecule has 0 aliphatic heterocycles. The second kappa shape index (κ2) is 5.64. The van der Waals surface area contributed by atoms with Gasteiger partial charge in [-0.2, -0.15) is 0 Å². The van der Waals surface area contributed by atoms with Crippen LogP contribution in [0.5, 0.6) is 0 Å². The number of carbonyl (C=O) groups is 1. The van der Waals surface area contributed by atoms with Crippen LogP contribution >= 0.6 is 34.8 Å². The molecule has 1 aromatic heterocycles. The minimum Gasteiger partial charge on any atom is -0.461 e. The molecule has 0 aliphatic carbocycles. The van der Waals surface area contributed by atoms with Gasteiger partial charge in [-0.25, -0.2) is 0 Å². The molecule has 84 valence electrons. The molecule has 0 bridgehead atoms. The Morgan fingerprint density at radius 2 is 2.20 bits per heavy atom. The lowest BCUT2D eigenvalue weighted by Gasteiger charge is -2.10. The molecule has 0 aromatic carbocycles. The normalized spacial score (nSPS) is 11.4. The summed E-state index contributed by atoms with van der Waals surface area (Å²) >= 11 is 16.3. The van der Waals surface area contributed by atoms with Crippen molar-refractivity contribution < 1.29 is 9.53 Å². The first-order valence-electron chi connectivity index (χ1n) is 4.32. The van der Waals surface area contributed by atoms with Gasteiger partial charge in [0.2, 0.25) is 3.79 Å². The van der Waals surface area contributed by atoms with E-state index in [0.29, 0.717) is 6.42 Å². The van der Waals surface area contributed by atoms with E-state index in [1.54, 1.807) is 6.20 Å². The maximum atomic E-state index is 11.2. The number of ether oxygens (including phenoxy) is 1. The van der Waals surface area contributed by atoms with Gasteiger partial charge in [-0.15, -0.1) is 0 Å². The number of carbonyl (C=O) groups excluding carboxylic acids is 1. The third kappa shape index (κ3) is 5.92. The largest absolute Gasteiger partial charge is 0.461 e. The van der Waals surface area contributed by atoms with Crippen molar-refractivity contribution in [2.75, 3.05) is 6.61 Å². The Morgan fingerprint density at radius 1 is 1.47 bits per heavy atom. The molecule has 1 heterocycles. The van der Waals surface area contributed by atoms with Gasteiger partial charge < -0.3 is 9.72 Å². The van der Waals surface area contributed by atoms with Gasteiger partial charge >= 0.3 is 5.97 Å². The molecule has 0 atom stereocenters. The Balaban J connectivity index is 2.20. The number of nitrogens with one attached hydrogen (secondary N) is 1. The fraction of sp³-hybridized carbons (Fsp3) is 0.444. The van der Waals surface area contributed by atoms with Crippen LogP contribution in [-0.4, -0.2) is 21.4 Å². The van der Waals surface area contributed by atoms with E-state index in [0.717, 1.165) is 5.69 Å². The maximum absolute atomic E-state index is 11.2. The summed E-state index contributed by atoms with van der Waals surface area (Å²) in [4.78, 5) is 14.2. The van der Waals surface area contributed by atoms with E-state index in [1.165, 1.54) is 0 Å². The number of aromatic nitrogens is 1. The summed E-state index contributed by atoms with van der Waals surface area (Å²) in [6.07, 6.45) is 2.65. The fourth-order valence-corrected chi connectivity index (χ4v) is 1.16. The number of halogens is 3. The molecular formula is C9H10Cl3NO2. The molecule has 0 aliphatic rings. The third-order valence-electron chi connectivity index (χ3n) is 1.66. The number of aromatic amines is 1. The summed E-state index contributed by atoms with van der Waals surface area (Å²) < 4.78 is 3.22. The van der Waals surface area contributed by atoms with Crippen LogP contribution in [0.3, 0.4) is 0 Å². The molecule has 1 N–H and O–H groups in total. The summed E-state index contributed by atoms with van der Waals surface area (Å²) in [6, 6.07) is 3.75. The zero-order chi connectivity index (χ0) is 11.3. The summed E-state index contributed by atoms with van der Waals surface area (Å²) in [5, 5.41) is 0. The number of rotatable bonds is 4. The Bertz CT molecular complexity index is 306. The van der Waals surface area contributed by atoms with Crippen molar-refractivity contribution in [1.82, 2.24) is 4.98 Å². The number of esters is 1. The predicted octanol–water partition coefficient (Wildman–Crippen LogP) is 2.86. The van der Waals surface area contributed by atoms with Crippen LogP contribution in [0.1, 0.15) is 12.1 Å². The molecule has 6 heteroatoms. The lowest BCUT2D eigenvalue weighted by Crippen LogP contribution is -2.17. The summed E-state index contributed by atoms with van der Waals surface area (Å²) in [5.41, 5.74) is 0.973. The van der Waals surface area contributed by atoms with Gasteiger partial charge in [0.15, 0.2) is 0 Å². The summed E-state index contributed by atoms with van der Waals surface area (Å²) in [6.45, 7) is -0.221. The highest BCUT2D eigenvalue weighted by atomic mass is 35.6. The van der Waals surface area contributed by atoms with Crippen LogP contribution in [0.25, 0.3) is 0 Å². The van der Waals surface area contributed by atoms with Gasteiger partial charge in [0.25, 0.3) is 0 Å². The van der Waals surface area contributed by atoms with Crippen LogP contribution in [0.4, 0.5) is 0 Å². The predicted molar refractivity (Wildman–Crippen MR) is 60.4 cm³/mol. The lowest BCUT2D eigenvalue weighted by atomic mass is 10.2. The van der Waals surface area contributed by atoms with E-state index < -0.39 is 3.79 Å². The van der Waals surface area contributed by atoms with E-state index >= 15 is 0 Å². The first-order chi connectivity index (χ1) is 6.97. The van der Waals surface area contributed by atoms with E-state index in [2.05, 4.69) is 4.98 Å². The number of alkyl halides is 3. The number of H-pyrrole nitrogens is 1. The molecule has 1 aromatic rings. The van der Waals surface area contributed by atoms with Gasteiger partial charge in [0.1, 0.15) is 6.61 Å². The van der Waals surface area contributed by atoms with Crippen molar-refractivity contribution in [1.29, 1.82) is 0 Å². The Morgan fingerprint density at radius 3 is 2.73 bits per heavy atom. The van der Waals surface area contributed by atoms with Crippen LogP contribution < -0.4 is 0 Å². The third-order valence-corrected chi connectivity index (χ3v) is 1.98. The second-order valence-corrected chi connectivity index (χ2v) is 5.49. The van der Waals surface area contributed by atoms with Crippen molar-refractivity contribution in [2.45, 2.75) is 16.6 Å². The first-order valence-corrected chi connectivity index (χ1v) is 5.45. The summed E-state index contributed by atoms with van der Waals surface area (Å²) in [5.74, 6) is -0.379. The first kappa shape index (κ1) is 12.7. The molecule has 3 nitrogen and oxygen atoms in total. The average molecular weight is 271 g/mol. The van der Waals surface area contributed by atoms with Gasteiger partial charge in [-0.05, 0) is 18.6 Å². The van der Waals surface area contributed by atoms with Crippen molar-refractivity contribution in [3.05, 3.63) is 24.0 Å². The highest BCUT2D eigenvalue weighted by Gasteiger charge is 2.21. The quantitative estimate of drug-likeness (QED) is 0.675. The fourth-order valence-electron chi connectivity index (χ4n) is 0.994. The monoisotopic (exact) mass is 269 g/mol. The molecule has 15 heavy (non-hydrogen) atoms. The molecule has 0 unspecified atom stereocenters. The van der Waals surface area contributed by atoms with E-state index in [4.69, 9.17) is 39.5 Å². The molecule has 0 spiro atoms. The Kier molecular flexibility index (Phi) is 4.77. The van der Waals surface area contributed by atoms with Crippen LogP contribution in [0, 0.1) is 0 Å². The highest BCUT2D eigenvalue weighted by molar-refractivity contribution is 6.67. The Hall–Kier alpha value is -0.380. The van der Waals surface area contributed by atoms with E-state index in [-0.39, 0.29) is 19.0 Å². The Labute approximate surface area is 103 Å². The van der Waals surface area contributed by atoms with Crippen LogP contribution in [0.15, 0.2) is 18.3 Å². The van der Waals surface area contributed by atoms with E-state index in [1.807, 2.05) is 12.1 Å². The molecule has 0 saturated heterocycles. The topological polar surface area (TPSA) is 42.1 Å². The minimum atomic E-state index is -1.54. The van der Waals surface area contributed by atoms with Gasteiger partial charge in [-0.1, -0.05) is 34.8 Å². The molecule has 0 saturated carbocycles. The van der Waals surface area contributed by atoms with Crippen molar-refractivity contribution in [3.8, 4) is 0 Å². The molecular weight excluding hydrogens is 260 g/mol. The zero-order valence-corrected chi connectivity index (χ0v) is 10.1. The summed E-state index contributed by atoms with van der Waals surface area (Å²) in [7, 11) is 0. The molecule has 0 fully saturated rings. The molecule has 1 rings (SSSR count). The minimum absolute atomic E-state index is 0.221. The number of hydrogen-bond acceptors (Lipinski definition) is 2. The molecule has 0 radical (unpaired) electrons. The van der Waals surface area contributed by atoms with Gasteiger partial charge in [0, 0.05) is 11.9 Å². The number of aryl methyl sites for hydroxylation is 1. The van der Waals surface area contributed by atoms with Gasteiger partial charge in [0.05, 0.1) is 6.42 Å². The van der Waals surface area contributed by atoms with Crippen molar-refractivity contribution in [2.24, 2.45) is 0 Å². The van der Waals surface area contributed by atoms with E-state index in [9.17, 15) is 4.79 Å². The van der Waals surface area contributed by atoms with Gasteiger partial charge in [-0.3, -0.25) is 4.79 Å². The van der Waals surface area contributed by atoms with Crippen LogP contribution in [-0.2, 0) is 16.0 Å². The average Bonchev–Trinajstić information content (AvgIpc) is 2.62. The van der Waals surface area contributed by atoms with Crippen molar-refractivity contribution in [3.63, 3.8) is 0 Å². The number of hydrogen-bond donors (Lipinski definition) is 1. The van der Waals surface area contributed by atoms with Crippen molar-refractivity contribution >= 4 is 40.8 Å². The lowest BCUT2D eigenvalue weighted by molar-refractivity contribution is -0.143. The smallest absolute Gasteiger partial charge is 0.306 e.